The summed E-state index contributed by atoms with van der Waals surface area (Å²) in [6.45, 7) is 12.5. The molecular weight excluding hydrogens is 262 g/mol. The van der Waals surface area contributed by atoms with Gasteiger partial charge in [0.2, 0.25) is 0 Å². The molecule has 0 aromatic heterocycles. The van der Waals surface area contributed by atoms with Gasteiger partial charge < -0.3 is 15.0 Å². The average molecular weight is 297 g/mol. The quantitative estimate of drug-likeness (QED) is 0.809. The van der Waals surface area contributed by atoms with Crippen molar-refractivity contribution in [3.63, 3.8) is 0 Å². The highest BCUT2D eigenvalue weighted by Gasteiger charge is 2.30. The maximum absolute atomic E-state index is 5.78. The first-order valence-corrected chi connectivity index (χ1v) is 8.98. The Hall–Kier alpha value is -0.160. The van der Waals surface area contributed by atoms with Crippen LogP contribution in [0.15, 0.2) is 0 Å². The van der Waals surface area contributed by atoms with E-state index in [1.165, 1.54) is 51.9 Å². The minimum absolute atomic E-state index is 0.650. The lowest BCUT2D eigenvalue weighted by atomic mass is 9.94. The van der Waals surface area contributed by atoms with Gasteiger partial charge in [0.15, 0.2) is 0 Å². The van der Waals surface area contributed by atoms with Gasteiger partial charge in [-0.3, -0.25) is 4.90 Å². The van der Waals surface area contributed by atoms with Crippen LogP contribution in [-0.2, 0) is 4.74 Å². The molecule has 0 amide bonds. The van der Waals surface area contributed by atoms with Crippen LogP contribution < -0.4 is 5.32 Å². The van der Waals surface area contributed by atoms with E-state index < -0.39 is 0 Å². The fourth-order valence-corrected chi connectivity index (χ4v) is 3.80. The molecule has 2 aliphatic rings. The standard InChI is InChI=1S/C17H35N3O/c1-4-8-18-17-7-11-21-14-15(17)12-20-10-6-9-19(3)13-16(20)5-2/h15-18H,4-14H2,1-3H3. The first-order valence-electron chi connectivity index (χ1n) is 8.98. The lowest BCUT2D eigenvalue weighted by Gasteiger charge is -2.38. The summed E-state index contributed by atoms with van der Waals surface area (Å²) in [5.74, 6) is 0.655. The summed E-state index contributed by atoms with van der Waals surface area (Å²) in [5.41, 5.74) is 0. The highest BCUT2D eigenvalue weighted by atomic mass is 16.5. The van der Waals surface area contributed by atoms with E-state index in [0.717, 1.165) is 19.8 Å². The van der Waals surface area contributed by atoms with Crippen molar-refractivity contribution < 1.29 is 4.74 Å². The molecule has 0 radical (unpaired) electrons. The Morgan fingerprint density at radius 2 is 2.10 bits per heavy atom. The predicted molar refractivity (Wildman–Crippen MR) is 88.8 cm³/mol. The molecule has 3 unspecified atom stereocenters. The molecule has 2 saturated heterocycles. The number of nitrogens with zero attached hydrogens (tertiary/aromatic N) is 2. The Morgan fingerprint density at radius 1 is 1.24 bits per heavy atom. The average Bonchev–Trinajstić information content (AvgIpc) is 2.68. The van der Waals surface area contributed by atoms with Crippen molar-refractivity contribution in [1.82, 2.24) is 15.1 Å². The van der Waals surface area contributed by atoms with Crippen molar-refractivity contribution in [1.29, 1.82) is 0 Å². The zero-order valence-electron chi connectivity index (χ0n) is 14.3. The molecule has 0 saturated carbocycles. The van der Waals surface area contributed by atoms with Crippen LogP contribution in [0.3, 0.4) is 0 Å². The third-order valence-corrected chi connectivity index (χ3v) is 5.09. The topological polar surface area (TPSA) is 27.7 Å². The molecular formula is C17H35N3O. The van der Waals surface area contributed by atoms with Crippen molar-refractivity contribution in [3.05, 3.63) is 0 Å². The fraction of sp³-hybridized carbons (Fsp3) is 1.00. The van der Waals surface area contributed by atoms with E-state index in [1.807, 2.05) is 0 Å². The molecule has 2 fully saturated rings. The Morgan fingerprint density at radius 3 is 2.86 bits per heavy atom. The van der Waals surface area contributed by atoms with Crippen molar-refractivity contribution >= 4 is 0 Å². The molecule has 0 aromatic rings. The SMILES string of the molecule is CCCNC1CCOCC1CN1CCCN(C)CC1CC. The number of hydrogen-bond acceptors (Lipinski definition) is 4. The van der Waals surface area contributed by atoms with E-state index in [9.17, 15) is 0 Å². The van der Waals surface area contributed by atoms with E-state index in [2.05, 4.69) is 36.0 Å². The van der Waals surface area contributed by atoms with Gasteiger partial charge in [0.25, 0.3) is 0 Å². The van der Waals surface area contributed by atoms with Gasteiger partial charge in [0, 0.05) is 37.7 Å². The lowest BCUT2D eigenvalue weighted by molar-refractivity contribution is 0.0100. The maximum atomic E-state index is 5.78. The normalized spacial score (nSPS) is 33.0. The van der Waals surface area contributed by atoms with Gasteiger partial charge in [-0.15, -0.1) is 0 Å². The Balaban J connectivity index is 1.92. The summed E-state index contributed by atoms with van der Waals surface area (Å²) in [6, 6.07) is 1.36. The number of nitrogens with one attached hydrogen (secondary N) is 1. The Labute approximate surface area is 131 Å². The van der Waals surface area contributed by atoms with E-state index in [4.69, 9.17) is 4.74 Å². The highest BCUT2D eigenvalue weighted by molar-refractivity contribution is 4.86. The predicted octanol–water partition coefficient (Wildman–Crippen LogP) is 1.81. The monoisotopic (exact) mass is 297 g/mol. The van der Waals surface area contributed by atoms with Crippen LogP contribution in [-0.4, -0.2) is 74.9 Å². The van der Waals surface area contributed by atoms with Gasteiger partial charge in [0.1, 0.15) is 0 Å². The van der Waals surface area contributed by atoms with E-state index in [-0.39, 0.29) is 0 Å². The van der Waals surface area contributed by atoms with Gasteiger partial charge in [-0.25, -0.2) is 0 Å². The number of rotatable bonds is 6. The van der Waals surface area contributed by atoms with Gasteiger partial charge in [-0.1, -0.05) is 13.8 Å². The summed E-state index contributed by atoms with van der Waals surface area (Å²) >= 11 is 0. The molecule has 124 valence electrons. The molecule has 3 atom stereocenters. The highest BCUT2D eigenvalue weighted by Crippen LogP contribution is 2.20. The molecule has 2 aliphatic heterocycles. The maximum Gasteiger partial charge on any atom is 0.0521 e. The second-order valence-corrected chi connectivity index (χ2v) is 6.86. The van der Waals surface area contributed by atoms with Gasteiger partial charge >= 0.3 is 0 Å². The van der Waals surface area contributed by atoms with Crippen molar-refractivity contribution in [2.24, 2.45) is 5.92 Å². The van der Waals surface area contributed by atoms with Crippen LogP contribution in [0.1, 0.15) is 39.5 Å². The number of ether oxygens (including phenoxy) is 1. The second kappa shape index (κ2) is 9.09. The van der Waals surface area contributed by atoms with Crippen LogP contribution in [0.2, 0.25) is 0 Å². The van der Waals surface area contributed by atoms with Gasteiger partial charge in [-0.2, -0.15) is 0 Å². The molecule has 2 rings (SSSR count). The van der Waals surface area contributed by atoms with Crippen molar-refractivity contribution in [2.75, 3.05) is 53.0 Å². The van der Waals surface area contributed by atoms with E-state index in [0.29, 0.717) is 18.0 Å². The largest absolute Gasteiger partial charge is 0.381 e. The molecule has 0 aliphatic carbocycles. The smallest absolute Gasteiger partial charge is 0.0521 e. The lowest BCUT2D eigenvalue weighted by Crippen LogP contribution is -2.50. The Kier molecular flexibility index (Phi) is 7.44. The summed E-state index contributed by atoms with van der Waals surface area (Å²) in [5, 5.41) is 3.75. The first kappa shape index (κ1) is 17.2. The summed E-state index contributed by atoms with van der Waals surface area (Å²) in [7, 11) is 2.27. The summed E-state index contributed by atoms with van der Waals surface area (Å²) < 4.78 is 5.78. The minimum atomic E-state index is 0.650. The van der Waals surface area contributed by atoms with Crippen LogP contribution in [0.25, 0.3) is 0 Å². The molecule has 0 bridgehead atoms. The van der Waals surface area contributed by atoms with Crippen LogP contribution in [0.4, 0.5) is 0 Å². The molecule has 2 heterocycles. The number of hydrogen-bond donors (Lipinski definition) is 1. The van der Waals surface area contributed by atoms with Crippen molar-refractivity contribution in [2.45, 2.75) is 51.6 Å². The molecule has 21 heavy (non-hydrogen) atoms. The molecule has 4 nitrogen and oxygen atoms in total. The third-order valence-electron chi connectivity index (χ3n) is 5.09. The van der Waals surface area contributed by atoms with Gasteiger partial charge in [0.05, 0.1) is 6.61 Å². The molecule has 1 N–H and O–H groups in total. The van der Waals surface area contributed by atoms with E-state index in [1.54, 1.807) is 0 Å². The minimum Gasteiger partial charge on any atom is -0.381 e. The van der Waals surface area contributed by atoms with Crippen molar-refractivity contribution in [3.8, 4) is 0 Å². The number of likely N-dealkylation sites (N-methyl/N-ethyl adjacent to an activating group) is 1. The zero-order valence-corrected chi connectivity index (χ0v) is 14.3. The summed E-state index contributed by atoms with van der Waals surface area (Å²) in [6.07, 6.45) is 4.95. The van der Waals surface area contributed by atoms with Crippen LogP contribution in [0.5, 0.6) is 0 Å². The second-order valence-electron chi connectivity index (χ2n) is 6.86. The third kappa shape index (κ3) is 5.20. The molecule has 0 aromatic carbocycles. The Bertz CT molecular complexity index is 287. The fourth-order valence-electron chi connectivity index (χ4n) is 3.80. The summed E-state index contributed by atoms with van der Waals surface area (Å²) in [4.78, 5) is 5.24. The van der Waals surface area contributed by atoms with Crippen LogP contribution >= 0.6 is 0 Å². The molecule has 0 spiro atoms. The first-order chi connectivity index (χ1) is 10.2. The van der Waals surface area contributed by atoms with E-state index >= 15 is 0 Å². The van der Waals surface area contributed by atoms with Gasteiger partial charge in [-0.05, 0) is 52.4 Å². The molecule has 4 heteroatoms. The van der Waals surface area contributed by atoms with Crippen LogP contribution in [0, 0.1) is 5.92 Å². The zero-order chi connectivity index (χ0) is 15.1.